The van der Waals surface area contributed by atoms with Gasteiger partial charge in [0, 0.05) is 17.1 Å². The van der Waals surface area contributed by atoms with Crippen molar-refractivity contribution in [2.24, 2.45) is 0 Å². The van der Waals surface area contributed by atoms with Gasteiger partial charge < -0.3 is 4.90 Å². The van der Waals surface area contributed by atoms with Crippen LogP contribution in [0.5, 0.6) is 0 Å². The summed E-state index contributed by atoms with van der Waals surface area (Å²) in [4.78, 5) is 2.39. The Labute approximate surface area is 339 Å². The van der Waals surface area contributed by atoms with Crippen LogP contribution in [0.15, 0.2) is 200 Å². The van der Waals surface area contributed by atoms with Crippen molar-refractivity contribution in [3.63, 3.8) is 0 Å². The Morgan fingerprint density at radius 2 is 0.807 bits per heavy atom. The fourth-order valence-corrected chi connectivity index (χ4v) is 7.71. The number of anilines is 3. The van der Waals surface area contributed by atoms with Crippen LogP contribution in [0.2, 0.25) is 0 Å². The molecule has 0 aliphatic heterocycles. The van der Waals surface area contributed by atoms with Gasteiger partial charge in [-0.25, -0.2) is 0 Å². The lowest BCUT2D eigenvalue weighted by Crippen LogP contribution is -2.12. The van der Waals surface area contributed by atoms with Crippen molar-refractivity contribution in [1.29, 1.82) is 0 Å². The van der Waals surface area contributed by atoms with Gasteiger partial charge in [0.05, 0.1) is 0 Å². The maximum Gasteiger partial charge on any atom is 0.0464 e. The van der Waals surface area contributed by atoms with E-state index in [0.29, 0.717) is 0 Å². The molecule has 0 atom stereocenters. The van der Waals surface area contributed by atoms with Gasteiger partial charge in [-0.3, -0.25) is 0 Å². The van der Waals surface area contributed by atoms with E-state index in [2.05, 4.69) is 231 Å². The molecule has 0 spiro atoms. The van der Waals surface area contributed by atoms with E-state index in [1.165, 1.54) is 80.6 Å². The zero-order valence-corrected chi connectivity index (χ0v) is 33.0. The van der Waals surface area contributed by atoms with E-state index in [0.717, 1.165) is 28.9 Å². The fraction of sp³-hybridized carbons (Fsp3) is 0.107. The number of nitrogens with zero attached hydrogens (tertiary/aromatic N) is 1. The van der Waals surface area contributed by atoms with E-state index in [4.69, 9.17) is 0 Å². The van der Waals surface area contributed by atoms with Crippen LogP contribution in [0, 0.1) is 13.8 Å². The third-order valence-electron chi connectivity index (χ3n) is 10.9. The van der Waals surface area contributed by atoms with Gasteiger partial charge in [0.1, 0.15) is 0 Å². The summed E-state index contributed by atoms with van der Waals surface area (Å²) in [6, 6.07) is 63.8. The molecule has 8 rings (SSSR count). The molecule has 0 amide bonds. The average molecular weight is 736 g/mol. The average Bonchev–Trinajstić information content (AvgIpc) is 3.26. The van der Waals surface area contributed by atoms with Crippen LogP contribution in [-0.4, -0.2) is 0 Å². The van der Waals surface area contributed by atoms with Gasteiger partial charge in [0.15, 0.2) is 0 Å². The normalized spacial score (nSPS) is 13.2. The lowest BCUT2D eigenvalue weighted by molar-refractivity contribution is 0.685. The molecule has 1 aliphatic carbocycles. The maximum atomic E-state index is 2.41. The van der Waals surface area contributed by atoms with E-state index in [9.17, 15) is 0 Å². The second-order valence-corrected chi connectivity index (χ2v) is 15.0. The number of hydrogen-bond donors (Lipinski definition) is 0. The van der Waals surface area contributed by atoms with Crippen molar-refractivity contribution >= 4 is 40.4 Å². The highest BCUT2D eigenvalue weighted by Gasteiger charge is 2.16. The maximum absolute atomic E-state index is 2.41. The summed E-state index contributed by atoms with van der Waals surface area (Å²) in [6.45, 7) is 4.26. The van der Waals surface area contributed by atoms with E-state index in [1.54, 1.807) is 0 Å². The number of aryl methyl sites for hydroxylation is 4. The molecule has 1 heteroatoms. The van der Waals surface area contributed by atoms with Gasteiger partial charge in [-0.15, -0.1) is 0 Å². The molecule has 278 valence electrons. The quantitative estimate of drug-likeness (QED) is 0.120. The first-order chi connectivity index (χ1) is 28.1. The van der Waals surface area contributed by atoms with E-state index >= 15 is 0 Å². The third-order valence-corrected chi connectivity index (χ3v) is 10.9. The summed E-state index contributed by atoms with van der Waals surface area (Å²) in [7, 11) is 0. The van der Waals surface area contributed by atoms with E-state index < -0.39 is 0 Å². The van der Waals surface area contributed by atoms with Gasteiger partial charge in [0.25, 0.3) is 0 Å². The third kappa shape index (κ3) is 9.23. The summed E-state index contributed by atoms with van der Waals surface area (Å²) in [5.74, 6) is 0. The zero-order chi connectivity index (χ0) is 38.8. The molecular weight excluding hydrogens is 687 g/mol. The molecular formula is C56H49N. The molecule has 0 radical (unpaired) electrons. The molecule has 7 aromatic rings. The molecule has 0 N–H and O–H groups in total. The van der Waals surface area contributed by atoms with Crippen molar-refractivity contribution in [2.75, 3.05) is 4.90 Å². The first-order valence-corrected chi connectivity index (χ1v) is 20.2. The topological polar surface area (TPSA) is 3.24 Å². The molecule has 1 aliphatic rings. The molecule has 0 saturated heterocycles. The number of fused-ring (bicyclic) bond motifs is 1. The second-order valence-electron chi connectivity index (χ2n) is 15.0. The molecule has 0 saturated carbocycles. The minimum Gasteiger partial charge on any atom is -0.310 e. The molecule has 0 heterocycles. The van der Waals surface area contributed by atoms with Crippen molar-refractivity contribution in [3.05, 3.63) is 256 Å². The van der Waals surface area contributed by atoms with Gasteiger partial charge in [-0.1, -0.05) is 187 Å². The van der Waals surface area contributed by atoms with Gasteiger partial charge in [0.2, 0.25) is 0 Å². The standard InChI is InChI=1S/C56H49N/c1-42-23-31-49(32-24-42)55(47-16-5-3-6-17-47)21-11-13-44-27-36-52(37-28-44)57(54-40-35-46-15-9-10-20-51(46)41-54)53-38-29-45(30-39-53)14-12-22-56(48-18-7-4-8-19-48)50-33-25-43(2)26-34-50/h3-8,11-14,16-19,21-41H,9-10,15,20H2,1-2H3. The van der Waals surface area contributed by atoms with Crippen LogP contribution in [0.1, 0.15) is 68.5 Å². The number of allylic oxidation sites excluding steroid dienone is 4. The Morgan fingerprint density at radius 1 is 0.404 bits per heavy atom. The van der Waals surface area contributed by atoms with E-state index in [1.807, 2.05) is 0 Å². The Morgan fingerprint density at radius 3 is 1.26 bits per heavy atom. The molecule has 0 unspecified atom stereocenters. The minimum absolute atomic E-state index is 1.14. The Balaban J connectivity index is 1.07. The lowest BCUT2D eigenvalue weighted by Gasteiger charge is -2.27. The molecule has 0 bridgehead atoms. The first-order valence-electron chi connectivity index (χ1n) is 20.2. The second kappa shape index (κ2) is 17.8. The highest BCUT2D eigenvalue weighted by molar-refractivity contribution is 5.83. The van der Waals surface area contributed by atoms with Crippen molar-refractivity contribution < 1.29 is 0 Å². The molecule has 7 aromatic carbocycles. The summed E-state index contributed by atoms with van der Waals surface area (Å²) in [6.07, 6.45) is 18.0. The van der Waals surface area contributed by atoms with Gasteiger partial charge >= 0.3 is 0 Å². The Bertz CT molecular complexity index is 2360. The van der Waals surface area contributed by atoms with Crippen LogP contribution in [0.4, 0.5) is 17.1 Å². The van der Waals surface area contributed by atoms with Crippen LogP contribution >= 0.6 is 0 Å². The fourth-order valence-electron chi connectivity index (χ4n) is 7.71. The first kappa shape index (κ1) is 37.2. The smallest absolute Gasteiger partial charge is 0.0464 e. The zero-order valence-electron chi connectivity index (χ0n) is 33.0. The summed E-state index contributed by atoms with van der Waals surface area (Å²) >= 11 is 0. The van der Waals surface area contributed by atoms with Crippen LogP contribution < -0.4 is 4.90 Å². The highest BCUT2D eigenvalue weighted by Crippen LogP contribution is 2.37. The van der Waals surface area contributed by atoms with Gasteiger partial charge in [-0.05, 0) is 132 Å². The predicted octanol–water partition coefficient (Wildman–Crippen LogP) is 14.9. The molecule has 57 heavy (non-hydrogen) atoms. The number of hydrogen-bond acceptors (Lipinski definition) is 1. The largest absolute Gasteiger partial charge is 0.310 e. The number of rotatable bonds is 11. The lowest BCUT2D eigenvalue weighted by atomic mass is 9.91. The molecule has 0 aromatic heterocycles. The summed E-state index contributed by atoms with van der Waals surface area (Å²) < 4.78 is 0. The van der Waals surface area contributed by atoms with Crippen molar-refractivity contribution in [3.8, 4) is 0 Å². The summed E-state index contributed by atoms with van der Waals surface area (Å²) in [5.41, 5.74) is 18.5. The Hall–Kier alpha value is -6.70. The van der Waals surface area contributed by atoms with Crippen LogP contribution in [0.3, 0.4) is 0 Å². The minimum atomic E-state index is 1.14. The van der Waals surface area contributed by atoms with Crippen LogP contribution in [-0.2, 0) is 12.8 Å². The SMILES string of the molecule is Cc1ccc(C(=CC=Cc2ccc(N(c3ccc(C=CC=C(c4ccccc4)c4ccc(C)cc4)cc3)c3ccc4c(c3)CCCC4)cc2)c2ccccc2)cc1. The molecule has 0 fully saturated rings. The van der Waals surface area contributed by atoms with Crippen LogP contribution in [0.25, 0.3) is 23.3 Å². The monoisotopic (exact) mass is 735 g/mol. The van der Waals surface area contributed by atoms with E-state index in [-0.39, 0.29) is 0 Å². The Kier molecular flexibility index (Phi) is 11.7. The summed E-state index contributed by atoms with van der Waals surface area (Å²) in [5, 5.41) is 0. The van der Waals surface area contributed by atoms with Crippen molar-refractivity contribution in [2.45, 2.75) is 39.5 Å². The highest BCUT2D eigenvalue weighted by atomic mass is 15.1. The number of benzene rings is 7. The van der Waals surface area contributed by atoms with Gasteiger partial charge in [-0.2, -0.15) is 0 Å². The predicted molar refractivity (Wildman–Crippen MR) is 245 cm³/mol. The molecule has 1 nitrogen and oxygen atoms in total. The van der Waals surface area contributed by atoms with Crippen molar-refractivity contribution in [1.82, 2.24) is 0 Å².